The zero-order chi connectivity index (χ0) is 13.0. The summed E-state index contributed by atoms with van der Waals surface area (Å²) in [6.07, 6.45) is 5.30. The highest BCUT2D eigenvalue weighted by Crippen LogP contribution is 2.25. The molecule has 0 radical (unpaired) electrons. The second-order valence-electron chi connectivity index (χ2n) is 6.24. The molecular formula is C14H30N4. The molecule has 1 atom stereocenters. The van der Waals surface area contributed by atoms with E-state index in [9.17, 15) is 0 Å². The number of nitrogens with zero attached hydrogens (tertiary/aromatic N) is 3. The monoisotopic (exact) mass is 254 g/mol. The molecule has 0 aliphatic carbocycles. The molecule has 0 bridgehead atoms. The predicted octanol–water partition coefficient (Wildman–Crippen LogP) is 0.437. The van der Waals surface area contributed by atoms with Crippen molar-refractivity contribution in [3.8, 4) is 0 Å². The third kappa shape index (κ3) is 3.23. The van der Waals surface area contributed by atoms with Crippen LogP contribution < -0.4 is 5.73 Å². The average molecular weight is 254 g/mol. The number of piperidine rings is 1. The van der Waals surface area contributed by atoms with Gasteiger partial charge in [-0.05, 0) is 59.4 Å². The van der Waals surface area contributed by atoms with Crippen molar-refractivity contribution in [2.24, 2.45) is 5.73 Å². The van der Waals surface area contributed by atoms with Crippen molar-refractivity contribution in [3.05, 3.63) is 0 Å². The number of nitrogens with two attached hydrogens (primary N) is 1. The fraction of sp³-hybridized carbons (Fsp3) is 1.00. The maximum absolute atomic E-state index is 6.10. The fourth-order valence-electron chi connectivity index (χ4n) is 3.51. The van der Waals surface area contributed by atoms with Crippen LogP contribution in [0.3, 0.4) is 0 Å². The smallest absolute Gasteiger partial charge is 0.0456 e. The van der Waals surface area contributed by atoms with Gasteiger partial charge < -0.3 is 15.5 Å². The van der Waals surface area contributed by atoms with Crippen LogP contribution >= 0.6 is 0 Å². The van der Waals surface area contributed by atoms with Crippen molar-refractivity contribution >= 4 is 0 Å². The Morgan fingerprint density at radius 3 is 2.50 bits per heavy atom. The van der Waals surface area contributed by atoms with Gasteiger partial charge in [0, 0.05) is 31.7 Å². The van der Waals surface area contributed by atoms with Gasteiger partial charge >= 0.3 is 0 Å². The van der Waals surface area contributed by atoms with Crippen molar-refractivity contribution in [1.82, 2.24) is 14.7 Å². The van der Waals surface area contributed by atoms with Gasteiger partial charge in [-0.2, -0.15) is 0 Å². The first-order chi connectivity index (χ1) is 8.66. The van der Waals surface area contributed by atoms with Gasteiger partial charge in [0.1, 0.15) is 0 Å². The molecule has 0 amide bonds. The summed E-state index contributed by atoms with van der Waals surface area (Å²) in [6.45, 7) is 8.09. The summed E-state index contributed by atoms with van der Waals surface area (Å²) in [4.78, 5) is 7.55. The first kappa shape index (κ1) is 14.3. The Labute approximate surface area is 112 Å². The van der Waals surface area contributed by atoms with E-state index < -0.39 is 0 Å². The minimum Gasteiger partial charge on any atom is -0.329 e. The van der Waals surface area contributed by atoms with Crippen LogP contribution in [-0.4, -0.2) is 80.1 Å². The van der Waals surface area contributed by atoms with Crippen LogP contribution in [0.1, 0.15) is 25.7 Å². The van der Waals surface area contributed by atoms with Crippen LogP contribution in [0.25, 0.3) is 0 Å². The second-order valence-corrected chi connectivity index (χ2v) is 6.24. The van der Waals surface area contributed by atoms with E-state index in [0.29, 0.717) is 0 Å². The number of hydrogen-bond acceptors (Lipinski definition) is 4. The highest BCUT2D eigenvalue weighted by atomic mass is 15.3. The van der Waals surface area contributed by atoms with E-state index in [0.717, 1.165) is 19.6 Å². The molecule has 4 nitrogen and oxygen atoms in total. The Bertz CT molecular complexity index is 252. The fourth-order valence-corrected chi connectivity index (χ4v) is 3.51. The summed E-state index contributed by atoms with van der Waals surface area (Å²) in [6, 6.07) is 0. The van der Waals surface area contributed by atoms with Crippen LogP contribution in [0.2, 0.25) is 0 Å². The number of hydrogen-bond donors (Lipinski definition) is 1. The summed E-state index contributed by atoms with van der Waals surface area (Å²) in [5, 5.41) is 0. The summed E-state index contributed by atoms with van der Waals surface area (Å²) in [7, 11) is 4.49. The van der Waals surface area contributed by atoms with Crippen LogP contribution in [0.15, 0.2) is 0 Å². The molecule has 2 aliphatic rings. The lowest BCUT2D eigenvalue weighted by molar-refractivity contribution is 0.0398. The van der Waals surface area contributed by atoms with Gasteiger partial charge in [-0.15, -0.1) is 0 Å². The van der Waals surface area contributed by atoms with Gasteiger partial charge in [-0.25, -0.2) is 0 Å². The van der Waals surface area contributed by atoms with E-state index >= 15 is 0 Å². The van der Waals surface area contributed by atoms with Gasteiger partial charge in [0.25, 0.3) is 0 Å². The Morgan fingerprint density at radius 1 is 1.17 bits per heavy atom. The topological polar surface area (TPSA) is 35.7 Å². The van der Waals surface area contributed by atoms with Gasteiger partial charge in [0.05, 0.1) is 0 Å². The Balaban J connectivity index is 1.85. The molecule has 18 heavy (non-hydrogen) atoms. The molecule has 2 N–H and O–H groups in total. The summed E-state index contributed by atoms with van der Waals surface area (Å²) in [5.41, 5.74) is 6.32. The predicted molar refractivity (Wildman–Crippen MR) is 76.8 cm³/mol. The molecule has 2 heterocycles. The summed E-state index contributed by atoms with van der Waals surface area (Å²) >= 11 is 0. The molecular weight excluding hydrogens is 224 g/mol. The highest BCUT2D eigenvalue weighted by molar-refractivity contribution is 4.96. The lowest BCUT2D eigenvalue weighted by Crippen LogP contribution is -2.61. The van der Waals surface area contributed by atoms with Gasteiger partial charge in [-0.3, -0.25) is 4.90 Å². The van der Waals surface area contributed by atoms with E-state index in [1.54, 1.807) is 0 Å². The quantitative estimate of drug-likeness (QED) is 0.772. The zero-order valence-electron chi connectivity index (χ0n) is 12.2. The maximum atomic E-state index is 6.10. The third-order valence-electron chi connectivity index (χ3n) is 4.89. The highest BCUT2D eigenvalue weighted by Gasteiger charge is 2.36. The van der Waals surface area contributed by atoms with Crippen molar-refractivity contribution < 1.29 is 0 Å². The molecule has 2 fully saturated rings. The maximum Gasteiger partial charge on any atom is 0.0456 e. The minimum absolute atomic E-state index is 0.215. The number of likely N-dealkylation sites (tertiary alicyclic amines) is 2. The number of likely N-dealkylation sites (N-methyl/N-ethyl adjacent to an activating group) is 2. The van der Waals surface area contributed by atoms with Crippen molar-refractivity contribution in [2.75, 3.05) is 59.9 Å². The molecule has 0 spiro atoms. The van der Waals surface area contributed by atoms with E-state index in [2.05, 4.69) is 28.8 Å². The average Bonchev–Trinajstić information content (AvgIpc) is 2.88. The van der Waals surface area contributed by atoms with Gasteiger partial charge in [-0.1, -0.05) is 0 Å². The van der Waals surface area contributed by atoms with Gasteiger partial charge in [0.15, 0.2) is 0 Å². The molecule has 0 saturated carbocycles. The Morgan fingerprint density at radius 2 is 1.89 bits per heavy atom. The second kappa shape index (κ2) is 6.33. The van der Waals surface area contributed by atoms with Crippen molar-refractivity contribution in [1.29, 1.82) is 0 Å². The van der Waals surface area contributed by atoms with Gasteiger partial charge in [0.2, 0.25) is 0 Å². The molecule has 0 aromatic heterocycles. The Kier molecular flexibility index (Phi) is 5.01. The standard InChI is InChI=1S/C14H30N4/c1-16-7-5-6-14(12-15,13-16)17(2)10-11-18-8-3-4-9-18/h3-13,15H2,1-2H3. The molecule has 4 heteroatoms. The van der Waals surface area contributed by atoms with Crippen molar-refractivity contribution in [3.63, 3.8) is 0 Å². The Hall–Kier alpha value is -0.160. The minimum atomic E-state index is 0.215. The van der Waals surface area contributed by atoms with Crippen molar-refractivity contribution in [2.45, 2.75) is 31.2 Å². The van der Waals surface area contributed by atoms with Crippen LogP contribution in [0.5, 0.6) is 0 Å². The third-order valence-corrected chi connectivity index (χ3v) is 4.89. The molecule has 0 aromatic carbocycles. The lowest BCUT2D eigenvalue weighted by atomic mass is 9.87. The lowest BCUT2D eigenvalue weighted by Gasteiger charge is -2.47. The van der Waals surface area contributed by atoms with E-state index in [-0.39, 0.29) is 5.54 Å². The molecule has 2 saturated heterocycles. The largest absolute Gasteiger partial charge is 0.329 e. The van der Waals surface area contributed by atoms with Crippen LogP contribution in [-0.2, 0) is 0 Å². The SMILES string of the molecule is CN1CCCC(CN)(N(C)CCN2CCCC2)C1. The zero-order valence-corrected chi connectivity index (χ0v) is 12.2. The number of rotatable bonds is 5. The molecule has 1 unspecified atom stereocenters. The first-order valence-electron chi connectivity index (χ1n) is 7.48. The van der Waals surface area contributed by atoms with E-state index in [1.165, 1.54) is 51.9 Å². The molecule has 2 rings (SSSR count). The first-order valence-corrected chi connectivity index (χ1v) is 7.48. The summed E-state index contributed by atoms with van der Waals surface area (Å²) in [5.74, 6) is 0. The molecule has 0 aromatic rings. The van der Waals surface area contributed by atoms with E-state index in [1.807, 2.05) is 0 Å². The van der Waals surface area contributed by atoms with Crippen LogP contribution in [0, 0.1) is 0 Å². The normalized spacial score (nSPS) is 31.3. The molecule has 106 valence electrons. The van der Waals surface area contributed by atoms with E-state index in [4.69, 9.17) is 5.73 Å². The summed E-state index contributed by atoms with van der Waals surface area (Å²) < 4.78 is 0. The van der Waals surface area contributed by atoms with Crippen LogP contribution in [0.4, 0.5) is 0 Å². The molecule has 2 aliphatic heterocycles.